The molecule has 2 rings (SSSR count). The van der Waals surface area contributed by atoms with Crippen LogP contribution in [0.4, 0.5) is 5.69 Å². The predicted molar refractivity (Wildman–Crippen MR) is 80.0 cm³/mol. The maximum absolute atomic E-state index is 9.91. The molecule has 1 aliphatic rings. The van der Waals surface area contributed by atoms with Gasteiger partial charge in [-0.3, -0.25) is 0 Å². The van der Waals surface area contributed by atoms with Crippen LogP contribution in [-0.2, 0) is 0 Å². The fraction of sp³-hybridized carbons (Fsp3) is 0.600. The Hall–Kier alpha value is -0.540. The smallest absolute Gasteiger partial charge is 0.0782 e. The summed E-state index contributed by atoms with van der Waals surface area (Å²) in [5, 5.41) is 9.91. The van der Waals surface area contributed by atoms with E-state index in [0.29, 0.717) is 0 Å². The van der Waals surface area contributed by atoms with Crippen molar-refractivity contribution in [1.82, 2.24) is 0 Å². The lowest BCUT2D eigenvalue weighted by Gasteiger charge is -2.23. The Labute approximate surface area is 118 Å². The van der Waals surface area contributed by atoms with Gasteiger partial charge >= 0.3 is 0 Å². The number of aliphatic hydroxyl groups is 1. The first-order chi connectivity index (χ1) is 8.61. The van der Waals surface area contributed by atoms with E-state index >= 15 is 0 Å². The van der Waals surface area contributed by atoms with Crippen LogP contribution in [0.3, 0.4) is 0 Å². The highest BCUT2D eigenvalue weighted by atomic mass is 79.9. The molecular formula is C15H22BrNO. The van der Waals surface area contributed by atoms with Gasteiger partial charge in [0.2, 0.25) is 0 Å². The zero-order chi connectivity index (χ0) is 13.1. The summed E-state index contributed by atoms with van der Waals surface area (Å²) in [4.78, 5) is 2.43. The highest BCUT2D eigenvalue weighted by Crippen LogP contribution is 2.33. The van der Waals surface area contributed by atoms with Crippen LogP contribution in [0.2, 0.25) is 0 Å². The van der Waals surface area contributed by atoms with Crippen LogP contribution < -0.4 is 4.90 Å². The van der Waals surface area contributed by atoms with E-state index in [-0.39, 0.29) is 0 Å². The van der Waals surface area contributed by atoms with Crippen LogP contribution in [0.25, 0.3) is 0 Å². The molecule has 1 aliphatic heterocycles. The van der Waals surface area contributed by atoms with Crippen LogP contribution in [-0.4, -0.2) is 18.2 Å². The maximum Gasteiger partial charge on any atom is 0.0782 e. The van der Waals surface area contributed by atoms with Gasteiger partial charge in [-0.1, -0.05) is 29.3 Å². The normalized spacial score (nSPS) is 21.3. The number of nitrogens with zero attached hydrogens (tertiary/aromatic N) is 1. The minimum atomic E-state index is -0.414. The second-order valence-corrected chi connectivity index (χ2v) is 6.18. The first-order valence-electron chi connectivity index (χ1n) is 6.84. The van der Waals surface area contributed by atoms with Crippen molar-refractivity contribution in [2.45, 2.75) is 39.2 Å². The number of anilines is 1. The molecule has 1 aromatic carbocycles. The largest absolute Gasteiger partial charge is 0.389 e. The molecule has 1 aromatic rings. The summed E-state index contributed by atoms with van der Waals surface area (Å²) in [6.07, 6.45) is 3.45. The maximum atomic E-state index is 9.91. The van der Waals surface area contributed by atoms with Gasteiger partial charge in [0, 0.05) is 28.8 Å². The average molecular weight is 312 g/mol. The van der Waals surface area contributed by atoms with Crippen molar-refractivity contribution in [1.29, 1.82) is 0 Å². The van der Waals surface area contributed by atoms with Gasteiger partial charge in [0.05, 0.1) is 6.10 Å². The first kappa shape index (κ1) is 13.9. The van der Waals surface area contributed by atoms with E-state index in [2.05, 4.69) is 39.9 Å². The highest BCUT2D eigenvalue weighted by molar-refractivity contribution is 9.10. The van der Waals surface area contributed by atoms with Gasteiger partial charge in [0.1, 0.15) is 0 Å². The predicted octanol–water partition coefficient (Wildman–Crippen LogP) is 4.13. The fourth-order valence-corrected chi connectivity index (χ4v) is 3.22. The lowest BCUT2D eigenvalue weighted by molar-refractivity contribution is 0.199. The van der Waals surface area contributed by atoms with E-state index in [4.69, 9.17) is 0 Å². The van der Waals surface area contributed by atoms with E-state index in [1.54, 1.807) is 0 Å². The molecule has 0 spiro atoms. The first-order valence-corrected chi connectivity index (χ1v) is 7.63. The molecule has 0 bridgehead atoms. The van der Waals surface area contributed by atoms with E-state index in [9.17, 15) is 5.11 Å². The lowest BCUT2D eigenvalue weighted by atomic mass is 10.0. The van der Waals surface area contributed by atoms with Gasteiger partial charge in [-0.25, -0.2) is 0 Å². The molecule has 0 aromatic heterocycles. The number of benzene rings is 1. The van der Waals surface area contributed by atoms with Gasteiger partial charge in [0.15, 0.2) is 0 Å². The lowest BCUT2D eigenvalue weighted by Crippen LogP contribution is -2.21. The molecule has 0 radical (unpaired) electrons. The Balaban J connectivity index is 2.18. The molecule has 0 saturated carbocycles. The Morgan fingerprint density at radius 1 is 1.50 bits per heavy atom. The summed E-state index contributed by atoms with van der Waals surface area (Å²) < 4.78 is 1.03. The van der Waals surface area contributed by atoms with Crippen LogP contribution in [0.1, 0.15) is 44.8 Å². The summed E-state index contributed by atoms with van der Waals surface area (Å²) in [7, 11) is 0. The van der Waals surface area contributed by atoms with E-state index in [1.807, 2.05) is 13.0 Å². The molecule has 2 unspecified atom stereocenters. The Morgan fingerprint density at radius 2 is 2.28 bits per heavy atom. The molecular weight excluding hydrogens is 290 g/mol. The Bertz CT molecular complexity index is 405. The third-order valence-electron chi connectivity index (χ3n) is 3.76. The minimum Gasteiger partial charge on any atom is -0.389 e. The standard InChI is InChI=1S/C15H22BrNO/c1-3-4-12-7-8-17(10-12)15-6-5-13(16)9-14(15)11(2)18/h5-6,9,11-12,18H,3-4,7-8,10H2,1-2H3. The number of hydrogen-bond acceptors (Lipinski definition) is 2. The summed E-state index contributed by atoms with van der Waals surface area (Å²) in [6, 6.07) is 6.22. The van der Waals surface area contributed by atoms with Crippen LogP contribution in [0.15, 0.2) is 22.7 Å². The molecule has 2 atom stereocenters. The third-order valence-corrected chi connectivity index (χ3v) is 4.26. The van der Waals surface area contributed by atoms with Gasteiger partial charge < -0.3 is 10.0 Å². The van der Waals surface area contributed by atoms with Crippen molar-refractivity contribution in [3.8, 4) is 0 Å². The van der Waals surface area contributed by atoms with Crippen LogP contribution in [0.5, 0.6) is 0 Å². The Morgan fingerprint density at radius 3 is 2.94 bits per heavy atom. The molecule has 0 amide bonds. The average Bonchev–Trinajstić information content (AvgIpc) is 2.78. The molecule has 18 heavy (non-hydrogen) atoms. The zero-order valence-corrected chi connectivity index (χ0v) is 12.8. The van der Waals surface area contributed by atoms with Crippen LogP contribution in [0, 0.1) is 5.92 Å². The molecule has 1 heterocycles. The number of halogens is 1. The van der Waals surface area contributed by atoms with Gasteiger partial charge in [-0.15, -0.1) is 0 Å². The quantitative estimate of drug-likeness (QED) is 0.903. The van der Waals surface area contributed by atoms with E-state index in [0.717, 1.165) is 29.0 Å². The van der Waals surface area contributed by atoms with Crippen LogP contribution >= 0.6 is 15.9 Å². The van der Waals surface area contributed by atoms with Gasteiger partial charge in [0.25, 0.3) is 0 Å². The van der Waals surface area contributed by atoms with Crippen molar-refractivity contribution >= 4 is 21.6 Å². The summed E-state index contributed by atoms with van der Waals surface area (Å²) in [5.41, 5.74) is 2.23. The molecule has 3 heteroatoms. The summed E-state index contributed by atoms with van der Waals surface area (Å²) >= 11 is 3.48. The molecule has 100 valence electrons. The second-order valence-electron chi connectivity index (χ2n) is 5.27. The van der Waals surface area contributed by atoms with E-state index < -0.39 is 6.10 Å². The zero-order valence-electron chi connectivity index (χ0n) is 11.2. The number of rotatable bonds is 4. The summed E-state index contributed by atoms with van der Waals surface area (Å²) in [6.45, 7) is 6.34. The fourth-order valence-electron chi connectivity index (χ4n) is 2.84. The monoisotopic (exact) mass is 311 g/mol. The van der Waals surface area contributed by atoms with Crippen molar-refractivity contribution in [2.75, 3.05) is 18.0 Å². The van der Waals surface area contributed by atoms with Gasteiger partial charge in [-0.2, -0.15) is 0 Å². The SMILES string of the molecule is CCCC1CCN(c2ccc(Br)cc2C(C)O)C1. The minimum absolute atomic E-state index is 0.414. The summed E-state index contributed by atoms with van der Waals surface area (Å²) in [5.74, 6) is 0.820. The Kier molecular flexibility index (Phi) is 4.68. The van der Waals surface area contributed by atoms with Crippen molar-refractivity contribution in [3.05, 3.63) is 28.2 Å². The number of hydrogen-bond donors (Lipinski definition) is 1. The molecule has 2 nitrogen and oxygen atoms in total. The molecule has 1 saturated heterocycles. The van der Waals surface area contributed by atoms with Gasteiger partial charge in [-0.05, 0) is 43.9 Å². The topological polar surface area (TPSA) is 23.5 Å². The molecule has 1 fully saturated rings. The number of aliphatic hydroxyl groups excluding tert-OH is 1. The van der Waals surface area contributed by atoms with Crippen molar-refractivity contribution in [2.24, 2.45) is 5.92 Å². The second kappa shape index (κ2) is 6.07. The third kappa shape index (κ3) is 3.07. The molecule has 0 aliphatic carbocycles. The highest BCUT2D eigenvalue weighted by Gasteiger charge is 2.24. The van der Waals surface area contributed by atoms with E-state index in [1.165, 1.54) is 24.9 Å². The van der Waals surface area contributed by atoms with Crippen molar-refractivity contribution < 1.29 is 5.11 Å². The molecule has 1 N–H and O–H groups in total. The van der Waals surface area contributed by atoms with Crippen molar-refractivity contribution in [3.63, 3.8) is 0 Å².